The van der Waals surface area contributed by atoms with Crippen molar-refractivity contribution in [1.29, 1.82) is 0 Å². The average Bonchev–Trinajstić information content (AvgIpc) is 2.18. The Morgan fingerprint density at radius 1 is 1.78 bits per heavy atom. The van der Waals surface area contributed by atoms with Crippen LogP contribution in [0.25, 0.3) is 0 Å². The van der Waals surface area contributed by atoms with Crippen LogP contribution in [-0.2, 0) is 11.3 Å². The zero-order valence-electron chi connectivity index (χ0n) is 5.22. The molecule has 0 aliphatic rings. The molecule has 1 aromatic heterocycles. The lowest BCUT2D eigenvalue weighted by atomic mass is 10.3. The van der Waals surface area contributed by atoms with E-state index in [0.717, 1.165) is 5.56 Å². The van der Waals surface area contributed by atoms with Gasteiger partial charge in [0.05, 0.1) is 6.61 Å². The van der Waals surface area contributed by atoms with Crippen LogP contribution >= 0.6 is 0 Å². The summed E-state index contributed by atoms with van der Waals surface area (Å²) in [4.78, 5) is 2.63. The quantitative estimate of drug-likeness (QED) is 0.619. The van der Waals surface area contributed by atoms with Crippen LogP contribution in [0.2, 0.25) is 0 Å². The molecule has 0 aliphatic heterocycles. The standard InChI is InChI=1S/C6H9NO2/c1-9-4-5-2-3-7-6(5)8/h2-3,7-8H,4H2,1H3. The number of rotatable bonds is 2. The van der Waals surface area contributed by atoms with E-state index >= 15 is 0 Å². The summed E-state index contributed by atoms with van der Waals surface area (Å²) >= 11 is 0. The first-order valence-corrected chi connectivity index (χ1v) is 2.68. The average molecular weight is 127 g/mol. The highest BCUT2D eigenvalue weighted by Gasteiger charge is 1.97. The fourth-order valence-corrected chi connectivity index (χ4v) is 0.665. The second-order valence-electron chi connectivity index (χ2n) is 1.78. The zero-order valence-corrected chi connectivity index (χ0v) is 5.22. The number of hydrogen-bond acceptors (Lipinski definition) is 2. The van der Waals surface area contributed by atoms with E-state index in [9.17, 15) is 0 Å². The Morgan fingerprint density at radius 3 is 3.00 bits per heavy atom. The van der Waals surface area contributed by atoms with E-state index in [2.05, 4.69) is 4.98 Å². The number of aromatic hydroxyl groups is 1. The smallest absolute Gasteiger partial charge is 0.193 e. The Morgan fingerprint density at radius 2 is 2.56 bits per heavy atom. The highest BCUT2D eigenvalue weighted by Crippen LogP contribution is 2.13. The molecule has 0 spiro atoms. The minimum Gasteiger partial charge on any atom is -0.494 e. The number of hydrogen-bond donors (Lipinski definition) is 2. The van der Waals surface area contributed by atoms with Crippen LogP contribution in [0.5, 0.6) is 5.88 Å². The SMILES string of the molecule is COCc1cc[nH]c1O. The fourth-order valence-electron chi connectivity index (χ4n) is 0.665. The fraction of sp³-hybridized carbons (Fsp3) is 0.333. The van der Waals surface area contributed by atoms with Crippen LogP contribution in [0.4, 0.5) is 0 Å². The number of nitrogens with one attached hydrogen (secondary N) is 1. The van der Waals surface area contributed by atoms with Crippen molar-refractivity contribution in [3.8, 4) is 5.88 Å². The van der Waals surface area contributed by atoms with Gasteiger partial charge in [0, 0.05) is 18.9 Å². The number of methoxy groups -OCH3 is 1. The van der Waals surface area contributed by atoms with Crippen molar-refractivity contribution < 1.29 is 9.84 Å². The topological polar surface area (TPSA) is 45.2 Å². The summed E-state index contributed by atoms with van der Waals surface area (Å²) in [5.41, 5.74) is 0.789. The molecule has 0 atom stereocenters. The predicted molar refractivity (Wildman–Crippen MR) is 33.2 cm³/mol. The molecule has 0 saturated heterocycles. The van der Waals surface area contributed by atoms with Crippen molar-refractivity contribution in [2.24, 2.45) is 0 Å². The Hall–Kier alpha value is -0.960. The van der Waals surface area contributed by atoms with E-state index in [4.69, 9.17) is 9.84 Å². The summed E-state index contributed by atoms with van der Waals surface area (Å²) in [6.07, 6.45) is 1.67. The van der Waals surface area contributed by atoms with Gasteiger partial charge in [0.15, 0.2) is 5.88 Å². The molecule has 1 rings (SSSR count). The molecule has 2 N–H and O–H groups in total. The molecular formula is C6H9NO2. The molecule has 0 aliphatic carbocycles. The van der Waals surface area contributed by atoms with Crippen molar-refractivity contribution in [3.05, 3.63) is 17.8 Å². The Bertz CT molecular complexity index is 183. The van der Waals surface area contributed by atoms with Gasteiger partial charge in [0.2, 0.25) is 0 Å². The summed E-state index contributed by atoms with van der Waals surface area (Å²) in [7, 11) is 1.59. The molecule has 1 aromatic rings. The second kappa shape index (κ2) is 2.55. The maximum absolute atomic E-state index is 8.95. The molecule has 0 radical (unpaired) electrons. The lowest BCUT2D eigenvalue weighted by molar-refractivity contribution is 0.182. The van der Waals surface area contributed by atoms with E-state index in [1.807, 2.05) is 0 Å². The van der Waals surface area contributed by atoms with Crippen molar-refractivity contribution in [2.75, 3.05) is 7.11 Å². The van der Waals surface area contributed by atoms with Crippen LogP contribution in [0, 0.1) is 0 Å². The van der Waals surface area contributed by atoms with E-state index < -0.39 is 0 Å². The molecule has 0 amide bonds. The third-order valence-corrected chi connectivity index (χ3v) is 1.11. The largest absolute Gasteiger partial charge is 0.494 e. The Balaban J connectivity index is 2.69. The van der Waals surface area contributed by atoms with E-state index in [1.54, 1.807) is 19.4 Å². The van der Waals surface area contributed by atoms with Crippen molar-refractivity contribution in [3.63, 3.8) is 0 Å². The maximum atomic E-state index is 8.95. The molecule has 0 unspecified atom stereocenters. The molecule has 0 saturated carbocycles. The number of aromatic amines is 1. The minimum atomic E-state index is 0.192. The van der Waals surface area contributed by atoms with Gasteiger partial charge >= 0.3 is 0 Å². The molecule has 9 heavy (non-hydrogen) atoms. The van der Waals surface area contributed by atoms with Crippen LogP contribution < -0.4 is 0 Å². The molecule has 0 fully saturated rings. The summed E-state index contributed by atoms with van der Waals surface area (Å²) in [6.45, 7) is 0.454. The molecular weight excluding hydrogens is 118 g/mol. The van der Waals surface area contributed by atoms with Gasteiger partial charge in [0.1, 0.15) is 0 Å². The van der Waals surface area contributed by atoms with Crippen molar-refractivity contribution >= 4 is 0 Å². The van der Waals surface area contributed by atoms with E-state index in [1.165, 1.54) is 0 Å². The van der Waals surface area contributed by atoms with Gasteiger partial charge in [-0.3, -0.25) is 0 Å². The predicted octanol–water partition coefficient (Wildman–Crippen LogP) is 0.867. The normalized spacial score (nSPS) is 9.89. The highest BCUT2D eigenvalue weighted by molar-refractivity contribution is 5.23. The molecule has 50 valence electrons. The minimum absolute atomic E-state index is 0.192. The first-order valence-electron chi connectivity index (χ1n) is 2.68. The van der Waals surface area contributed by atoms with Crippen LogP contribution in [0.1, 0.15) is 5.56 Å². The Kier molecular flexibility index (Phi) is 1.75. The number of aromatic nitrogens is 1. The van der Waals surface area contributed by atoms with Crippen LogP contribution in [0.15, 0.2) is 12.3 Å². The third kappa shape index (κ3) is 1.23. The number of H-pyrrole nitrogens is 1. The third-order valence-electron chi connectivity index (χ3n) is 1.11. The summed E-state index contributed by atoms with van der Waals surface area (Å²) in [5.74, 6) is 0.192. The number of ether oxygens (including phenoxy) is 1. The summed E-state index contributed by atoms with van der Waals surface area (Å²) < 4.78 is 4.79. The van der Waals surface area contributed by atoms with Crippen LogP contribution in [-0.4, -0.2) is 17.2 Å². The summed E-state index contributed by atoms with van der Waals surface area (Å²) in [6, 6.07) is 1.78. The zero-order chi connectivity index (χ0) is 6.69. The molecule has 0 aromatic carbocycles. The highest BCUT2D eigenvalue weighted by atomic mass is 16.5. The van der Waals surface area contributed by atoms with E-state index in [0.29, 0.717) is 6.61 Å². The lowest BCUT2D eigenvalue weighted by Gasteiger charge is -1.93. The van der Waals surface area contributed by atoms with Gasteiger partial charge in [0.25, 0.3) is 0 Å². The monoisotopic (exact) mass is 127 g/mol. The molecule has 3 heteroatoms. The van der Waals surface area contributed by atoms with Gasteiger partial charge in [-0.2, -0.15) is 0 Å². The van der Waals surface area contributed by atoms with E-state index in [-0.39, 0.29) is 5.88 Å². The first kappa shape index (κ1) is 6.16. The lowest BCUT2D eigenvalue weighted by Crippen LogP contribution is -1.83. The maximum Gasteiger partial charge on any atom is 0.193 e. The summed E-state index contributed by atoms with van der Waals surface area (Å²) in [5, 5.41) is 8.95. The Labute approximate surface area is 53.3 Å². The molecule has 1 heterocycles. The van der Waals surface area contributed by atoms with Crippen molar-refractivity contribution in [1.82, 2.24) is 4.98 Å². The van der Waals surface area contributed by atoms with Gasteiger partial charge in [-0.25, -0.2) is 0 Å². The van der Waals surface area contributed by atoms with Gasteiger partial charge < -0.3 is 14.8 Å². The van der Waals surface area contributed by atoms with Crippen molar-refractivity contribution in [2.45, 2.75) is 6.61 Å². The van der Waals surface area contributed by atoms with Crippen LogP contribution in [0.3, 0.4) is 0 Å². The van der Waals surface area contributed by atoms with Gasteiger partial charge in [-0.15, -0.1) is 0 Å². The van der Waals surface area contributed by atoms with Gasteiger partial charge in [-0.1, -0.05) is 0 Å². The first-order chi connectivity index (χ1) is 4.34. The van der Waals surface area contributed by atoms with Gasteiger partial charge in [-0.05, 0) is 6.07 Å². The second-order valence-corrected chi connectivity index (χ2v) is 1.78. The molecule has 0 bridgehead atoms. The molecule has 3 nitrogen and oxygen atoms in total.